The lowest BCUT2D eigenvalue weighted by molar-refractivity contribution is -0.111. The molecule has 1 aliphatic carbocycles. The Hall–Kier alpha value is -4.76. The van der Waals surface area contributed by atoms with Gasteiger partial charge in [0, 0.05) is 37.3 Å². The van der Waals surface area contributed by atoms with E-state index in [2.05, 4.69) is 48.9 Å². The fraction of sp³-hybridized carbons (Fsp3) is 0.200. The Morgan fingerprint density at radius 2 is 2.10 bits per heavy atom. The number of anilines is 2. The molecular weight excluding hydrogens is 492 g/mol. The maximum atomic E-state index is 11.8. The molecule has 1 aromatic carbocycles. The van der Waals surface area contributed by atoms with E-state index >= 15 is 0 Å². The van der Waals surface area contributed by atoms with Crippen LogP contribution >= 0.6 is 0 Å². The lowest BCUT2D eigenvalue weighted by Gasteiger charge is -2.25. The maximum absolute atomic E-state index is 11.8. The van der Waals surface area contributed by atoms with Gasteiger partial charge in [-0.05, 0) is 53.5 Å². The molecule has 9 nitrogen and oxygen atoms in total. The Morgan fingerprint density at radius 3 is 2.90 bits per heavy atom. The number of aromatic nitrogens is 4. The molecule has 1 amide bonds. The van der Waals surface area contributed by atoms with Gasteiger partial charge in [0.05, 0.1) is 23.4 Å². The number of ether oxygens (including phenoxy) is 1. The standard InChI is InChI=1S/C30H28N6O3/c1-3-24(38)34-20-9-7-18(8-10-20)28-26-23-12-11-22(39-25-6-4-5-21(16-37)35-25)15-19(23)13-14-31-29-27(26)30(36(28)2)33-17-32-29/h3-10,12,15,17,22,37H,1,11,13-14,16H2,2H3,(H,34,38)(H,31,32,33). The van der Waals surface area contributed by atoms with E-state index in [4.69, 9.17) is 4.74 Å². The summed E-state index contributed by atoms with van der Waals surface area (Å²) in [4.78, 5) is 25.4. The number of amides is 1. The van der Waals surface area contributed by atoms with Crippen molar-refractivity contribution in [2.45, 2.75) is 25.6 Å². The number of carbonyl (C=O) groups excluding carboxylic acids is 1. The van der Waals surface area contributed by atoms with Crippen molar-refractivity contribution in [1.29, 1.82) is 0 Å². The summed E-state index contributed by atoms with van der Waals surface area (Å²) in [7, 11) is 2.02. The van der Waals surface area contributed by atoms with Gasteiger partial charge in [-0.25, -0.2) is 15.0 Å². The number of hydrogen-bond donors (Lipinski definition) is 3. The van der Waals surface area contributed by atoms with Crippen LogP contribution in [0.1, 0.15) is 24.1 Å². The van der Waals surface area contributed by atoms with Gasteiger partial charge in [-0.3, -0.25) is 4.79 Å². The minimum Gasteiger partial charge on any atom is -0.470 e. The summed E-state index contributed by atoms with van der Waals surface area (Å²) in [6.45, 7) is 4.11. The zero-order chi connectivity index (χ0) is 26.9. The Bertz CT molecular complexity index is 1650. The Kier molecular flexibility index (Phi) is 6.42. The molecule has 1 unspecified atom stereocenters. The molecular formula is C30H28N6O3. The summed E-state index contributed by atoms with van der Waals surface area (Å²) in [5.74, 6) is 1.06. The van der Waals surface area contributed by atoms with Crippen molar-refractivity contribution in [3.05, 3.63) is 90.4 Å². The fourth-order valence-corrected chi connectivity index (χ4v) is 5.28. The van der Waals surface area contributed by atoms with Crippen molar-refractivity contribution in [3.63, 3.8) is 0 Å². The van der Waals surface area contributed by atoms with E-state index in [1.807, 2.05) is 43.4 Å². The predicted molar refractivity (Wildman–Crippen MR) is 151 cm³/mol. The number of nitrogens with one attached hydrogen (secondary N) is 2. The number of carbonyl (C=O) groups is 1. The predicted octanol–water partition coefficient (Wildman–Crippen LogP) is 4.62. The number of aliphatic hydroxyl groups is 1. The Labute approximate surface area is 225 Å². The molecule has 6 rings (SSSR count). The van der Waals surface area contributed by atoms with E-state index in [1.165, 1.54) is 11.6 Å². The van der Waals surface area contributed by atoms with E-state index < -0.39 is 0 Å². The first-order chi connectivity index (χ1) is 19.1. The summed E-state index contributed by atoms with van der Waals surface area (Å²) < 4.78 is 8.30. The van der Waals surface area contributed by atoms with Gasteiger partial charge in [0.15, 0.2) is 0 Å². The highest BCUT2D eigenvalue weighted by molar-refractivity contribution is 6.08. The largest absolute Gasteiger partial charge is 0.470 e. The number of rotatable bonds is 6. The molecule has 4 heterocycles. The molecule has 0 saturated heterocycles. The highest BCUT2D eigenvalue weighted by Gasteiger charge is 2.29. The van der Waals surface area contributed by atoms with Crippen LogP contribution in [0.3, 0.4) is 0 Å². The summed E-state index contributed by atoms with van der Waals surface area (Å²) in [5, 5.41) is 16.7. The molecule has 0 fully saturated rings. The van der Waals surface area contributed by atoms with Crippen molar-refractivity contribution >= 4 is 34.0 Å². The minimum atomic E-state index is -0.252. The van der Waals surface area contributed by atoms with Crippen molar-refractivity contribution in [1.82, 2.24) is 19.5 Å². The third kappa shape index (κ3) is 4.57. The molecule has 4 aromatic rings. The molecule has 9 heteroatoms. The average molecular weight is 521 g/mol. The van der Waals surface area contributed by atoms with Gasteiger partial charge >= 0.3 is 0 Å². The first kappa shape index (κ1) is 24.6. The highest BCUT2D eigenvalue weighted by atomic mass is 16.5. The van der Waals surface area contributed by atoms with Crippen LogP contribution in [-0.2, 0) is 18.4 Å². The topological polar surface area (TPSA) is 114 Å². The zero-order valence-electron chi connectivity index (χ0n) is 21.5. The van der Waals surface area contributed by atoms with Gasteiger partial charge in [0.2, 0.25) is 11.8 Å². The van der Waals surface area contributed by atoms with Crippen LogP contribution < -0.4 is 15.4 Å². The van der Waals surface area contributed by atoms with Crippen LogP contribution in [0.25, 0.3) is 27.9 Å². The first-order valence-electron chi connectivity index (χ1n) is 12.8. The SMILES string of the molecule is C=CC(=O)Nc1ccc(-c2c3c4c(ncnc4n2C)NCCC2=CC(Oc4cccc(CO)n4)CC=C23)cc1. The van der Waals surface area contributed by atoms with E-state index in [1.54, 1.807) is 12.4 Å². The molecule has 0 radical (unpaired) electrons. The smallest absolute Gasteiger partial charge is 0.247 e. The molecule has 0 spiro atoms. The molecule has 196 valence electrons. The number of allylic oxidation sites excluding steroid dienone is 1. The lowest BCUT2D eigenvalue weighted by Crippen LogP contribution is -2.20. The third-order valence-electron chi connectivity index (χ3n) is 7.04. The lowest BCUT2D eigenvalue weighted by atomic mass is 9.85. The second-order valence-corrected chi connectivity index (χ2v) is 9.48. The van der Waals surface area contributed by atoms with Gasteiger partial charge in [0.1, 0.15) is 23.9 Å². The van der Waals surface area contributed by atoms with Gasteiger partial charge in [-0.15, -0.1) is 0 Å². The van der Waals surface area contributed by atoms with Crippen molar-refractivity contribution in [2.24, 2.45) is 7.05 Å². The van der Waals surface area contributed by atoms with Crippen LogP contribution in [0, 0.1) is 0 Å². The van der Waals surface area contributed by atoms with E-state index in [9.17, 15) is 9.90 Å². The Morgan fingerprint density at radius 1 is 1.26 bits per heavy atom. The Balaban J connectivity index is 1.43. The second-order valence-electron chi connectivity index (χ2n) is 9.48. The molecule has 3 aromatic heterocycles. The number of aliphatic hydroxyl groups excluding tert-OH is 1. The van der Waals surface area contributed by atoms with Crippen LogP contribution in [0.4, 0.5) is 11.5 Å². The highest BCUT2D eigenvalue weighted by Crippen LogP contribution is 2.45. The molecule has 2 aliphatic rings. The number of aryl methyl sites for hydroxylation is 1. The van der Waals surface area contributed by atoms with E-state index in [-0.39, 0.29) is 18.6 Å². The maximum Gasteiger partial charge on any atom is 0.247 e. The molecule has 3 N–H and O–H groups in total. The van der Waals surface area contributed by atoms with Crippen LogP contribution in [0.5, 0.6) is 5.88 Å². The van der Waals surface area contributed by atoms with Crippen LogP contribution in [0.15, 0.2) is 79.2 Å². The van der Waals surface area contributed by atoms with Crippen LogP contribution in [0.2, 0.25) is 0 Å². The number of fused-ring (bicyclic) bond motifs is 2. The first-order valence-corrected chi connectivity index (χ1v) is 12.8. The average Bonchev–Trinajstić information content (AvgIpc) is 3.25. The monoisotopic (exact) mass is 520 g/mol. The minimum absolute atomic E-state index is 0.130. The summed E-state index contributed by atoms with van der Waals surface area (Å²) in [6, 6.07) is 13.2. The summed E-state index contributed by atoms with van der Waals surface area (Å²) >= 11 is 0. The number of pyridine rings is 1. The van der Waals surface area contributed by atoms with Crippen LogP contribution in [-0.4, -0.2) is 43.2 Å². The molecule has 1 atom stereocenters. The molecule has 0 saturated carbocycles. The zero-order valence-corrected chi connectivity index (χ0v) is 21.5. The molecule has 1 aliphatic heterocycles. The fourth-order valence-electron chi connectivity index (χ4n) is 5.28. The van der Waals surface area contributed by atoms with E-state index in [0.717, 1.165) is 52.2 Å². The van der Waals surface area contributed by atoms with Gasteiger partial charge in [-0.2, -0.15) is 0 Å². The van der Waals surface area contributed by atoms with Crippen molar-refractivity contribution in [3.8, 4) is 17.1 Å². The quantitative estimate of drug-likeness (QED) is 0.318. The van der Waals surface area contributed by atoms with Crippen molar-refractivity contribution in [2.75, 3.05) is 17.2 Å². The van der Waals surface area contributed by atoms with Gasteiger partial charge < -0.3 is 25.0 Å². The third-order valence-corrected chi connectivity index (χ3v) is 7.04. The van der Waals surface area contributed by atoms with Gasteiger partial charge in [0.25, 0.3) is 0 Å². The van der Waals surface area contributed by atoms with Gasteiger partial charge in [-0.1, -0.05) is 30.9 Å². The second kappa shape index (κ2) is 10.2. The number of benzene rings is 1. The molecule has 39 heavy (non-hydrogen) atoms. The number of hydrogen-bond acceptors (Lipinski definition) is 7. The van der Waals surface area contributed by atoms with Crippen molar-refractivity contribution < 1.29 is 14.6 Å². The summed E-state index contributed by atoms with van der Waals surface area (Å²) in [6.07, 6.45) is 8.54. The summed E-state index contributed by atoms with van der Waals surface area (Å²) in [5.41, 5.74) is 7.52. The van der Waals surface area contributed by atoms with E-state index in [0.29, 0.717) is 23.7 Å². The number of nitrogens with zero attached hydrogens (tertiary/aromatic N) is 4. The normalized spacial score (nSPS) is 16.2. The molecule has 0 bridgehead atoms.